The van der Waals surface area contributed by atoms with Crippen LogP contribution in [0.3, 0.4) is 0 Å². The summed E-state index contributed by atoms with van der Waals surface area (Å²) in [5, 5.41) is 0. The van der Waals surface area contributed by atoms with Gasteiger partial charge in [0.1, 0.15) is 0 Å². The van der Waals surface area contributed by atoms with E-state index in [0.717, 1.165) is 5.56 Å². The Morgan fingerprint density at radius 3 is 2.67 bits per heavy atom. The van der Waals surface area contributed by atoms with Crippen molar-refractivity contribution >= 4 is 12.6 Å². The Kier molecular flexibility index (Phi) is 3.16. The lowest BCUT2D eigenvalue weighted by Crippen LogP contribution is -1.98. The fourth-order valence-electron chi connectivity index (χ4n) is 0.759. The predicted octanol–water partition coefficient (Wildman–Crippen LogP) is 0.924. The maximum absolute atomic E-state index is 5.00. The SMILES string of the molecule is COc1ncc(CS)c(OC)n1. The Labute approximate surface area is 76.3 Å². The van der Waals surface area contributed by atoms with Crippen molar-refractivity contribution < 1.29 is 9.47 Å². The molecule has 0 spiro atoms. The minimum absolute atomic E-state index is 0.303. The van der Waals surface area contributed by atoms with Crippen molar-refractivity contribution in [2.45, 2.75) is 5.75 Å². The second-order valence-electron chi connectivity index (χ2n) is 2.05. The van der Waals surface area contributed by atoms with Crippen molar-refractivity contribution in [3.63, 3.8) is 0 Å². The quantitative estimate of drug-likeness (QED) is 0.713. The second-order valence-corrected chi connectivity index (χ2v) is 2.37. The van der Waals surface area contributed by atoms with Gasteiger partial charge in [-0.25, -0.2) is 4.98 Å². The van der Waals surface area contributed by atoms with Crippen molar-refractivity contribution in [1.29, 1.82) is 0 Å². The van der Waals surface area contributed by atoms with Gasteiger partial charge in [-0.1, -0.05) is 0 Å². The summed E-state index contributed by atoms with van der Waals surface area (Å²) in [6.07, 6.45) is 1.64. The monoisotopic (exact) mass is 186 g/mol. The van der Waals surface area contributed by atoms with Gasteiger partial charge >= 0.3 is 6.01 Å². The summed E-state index contributed by atoms with van der Waals surface area (Å²) in [5.41, 5.74) is 0.849. The molecule has 66 valence electrons. The Hall–Kier alpha value is -0.970. The van der Waals surface area contributed by atoms with Crippen LogP contribution in [-0.4, -0.2) is 24.2 Å². The van der Waals surface area contributed by atoms with Gasteiger partial charge in [-0.2, -0.15) is 17.6 Å². The molecule has 1 aromatic heterocycles. The van der Waals surface area contributed by atoms with Crippen LogP contribution in [0.2, 0.25) is 0 Å². The van der Waals surface area contributed by atoms with Crippen molar-refractivity contribution in [2.75, 3.05) is 14.2 Å². The van der Waals surface area contributed by atoms with Crippen LogP contribution in [0.5, 0.6) is 11.9 Å². The Balaban J connectivity index is 3.02. The van der Waals surface area contributed by atoms with E-state index in [-0.39, 0.29) is 0 Å². The van der Waals surface area contributed by atoms with Gasteiger partial charge in [-0.05, 0) is 0 Å². The van der Waals surface area contributed by atoms with Crippen molar-refractivity contribution in [3.8, 4) is 11.9 Å². The summed E-state index contributed by atoms with van der Waals surface area (Å²) >= 11 is 4.10. The van der Waals surface area contributed by atoms with E-state index in [2.05, 4.69) is 22.6 Å². The lowest BCUT2D eigenvalue weighted by Gasteiger charge is -2.04. The Morgan fingerprint density at radius 1 is 1.42 bits per heavy atom. The van der Waals surface area contributed by atoms with Crippen LogP contribution in [-0.2, 0) is 5.75 Å². The summed E-state index contributed by atoms with van der Waals surface area (Å²) in [4.78, 5) is 7.89. The average Bonchev–Trinajstić information content (AvgIpc) is 2.16. The molecule has 0 radical (unpaired) electrons. The largest absolute Gasteiger partial charge is 0.481 e. The molecule has 0 N–H and O–H groups in total. The number of methoxy groups -OCH3 is 2. The zero-order valence-electron chi connectivity index (χ0n) is 6.94. The molecular weight excluding hydrogens is 176 g/mol. The normalized spacial score (nSPS) is 9.58. The number of ether oxygens (including phenoxy) is 2. The topological polar surface area (TPSA) is 44.2 Å². The van der Waals surface area contributed by atoms with Crippen molar-refractivity contribution in [1.82, 2.24) is 9.97 Å². The third-order valence-corrected chi connectivity index (χ3v) is 1.69. The highest BCUT2D eigenvalue weighted by Gasteiger charge is 2.05. The minimum atomic E-state index is 0.303. The van der Waals surface area contributed by atoms with Crippen LogP contribution in [0.1, 0.15) is 5.56 Å². The van der Waals surface area contributed by atoms with Crippen LogP contribution in [0, 0.1) is 0 Å². The van der Waals surface area contributed by atoms with E-state index in [9.17, 15) is 0 Å². The lowest BCUT2D eigenvalue weighted by atomic mass is 10.4. The maximum atomic E-state index is 5.00. The van der Waals surface area contributed by atoms with E-state index < -0.39 is 0 Å². The van der Waals surface area contributed by atoms with Crippen molar-refractivity contribution in [2.24, 2.45) is 0 Å². The van der Waals surface area contributed by atoms with E-state index in [4.69, 9.17) is 9.47 Å². The van der Waals surface area contributed by atoms with E-state index in [1.165, 1.54) is 7.11 Å². The first kappa shape index (κ1) is 9.12. The van der Waals surface area contributed by atoms with E-state index >= 15 is 0 Å². The van der Waals surface area contributed by atoms with Gasteiger partial charge in [0.15, 0.2) is 0 Å². The molecule has 0 unspecified atom stereocenters. The summed E-state index contributed by atoms with van der Waals surface area (Å²) in [6, 6.07) is 0.303. The van der Waals surface area contributed by atoms with Gasteiger partial charge in [-0.15, -0.1) is 0 Å². The zero-order chi connectivity index (χ0) is 8.97. The fraction of sp³-hybridized carbons (Fsp3) is 0.429. The molecule has 0 fully saturated rings. The van der Waals surface area contributed by atoms with Crippen LogP contribution in [0.4, 0.5) is 0 Å². The predicted molar refractivity (Wildman–Crippen MR) is 47.8 cm³/mol. The Bertz CT molecular complexity index is 268. The molecule has 0 amide bonds. The molecule has 0 atom stereocenters. The molecule has 0 saturated heterocycles. The highest BCUT2D eigenvalue weighted by molar-refractivity contribution is 7.79. The third-order valence-electron chi connectivity index (χ3n) is 1.35. The molecule has 1 rings (SSSR count). The highest BCUT2D eigenvalue weighted by atomic mass is 32.1. The summed E-state index contributed by atoms with van der Waals surface area (Å²) in [7, 11) is 3.06. The molecule has 5 heteroatoms. The molecule has 0 aromatic carbocycles. The van der Waals surface area contributed by atoms with Gasteiger partial charge in [0, 0.05) is 17.5 Å². The molecule has 1 aromatic rings. The number of thiol groups is 1. The molecule has 4 nitrogen and oxygen atoms in total. The fourth-order valence-corrected chi connectivity index (χ4v) is 0.976. The first-order chi connectivity index (χ1) is 5.81. The zero-order valence-corrected chi connectivity index (χ0v) is 7.84. The van der Waals surface area contributed by atoms with Gasteiger partial charge in [-0.3, -0.25) is 0 Å². The number of hydrogen-bond acceptors (Lipinski definition) is 5. The summed E-state index contributed by atoms with van der Waals surface area (Å²) in [6.45, 7) is 0. The highest BCUT2D eigenvalue weighted by Crippen LogP contribution is 2.18. The molecular formula is C7H10N2O2S. The number of rotatable bonds is 3. The van der Waals surface area contributed by atoms with Crippen LogP contribution < -0.4 is 9.47 Å². The smallest absolute Gasteiger partial charge is 0.319 e. The molecule has 0 aliphatic carbocycles. The Morgan fingerprint density at radius 2 is 2.17 bits per heavy atom. The van der Waals surface area contributed by atoms with Gasteiger partial charge in [0.05, 0.1) is 14.2 Å². The van der Waals surface area contributed by atoms with E-state index in [0.29, 0.717) is 17.6 Å². The van der Waals surface area contributed by atoms with Gasteiger partial charge in [0.2, 0.25) is 5.88 Å². The van der Waals surface area contributed by atoms with Gasteiger partial charge in [0.25, 0.3) is 0 Å². The number of aromatic nitrogens is 2. The maximum Gasteiger partial charge on any atom is 0.319 e. The number of nitrogens with zero attached hydrogens (tertiary/aromatic N) is 2. The first-order valence-electron chi connectivity index (χ1n) is 3.36. The summed E-state index contributed by atoms with van der Waals surface area (Å²) in [5.74, 6) is 1.06. The number of hydrogen-bond donors (Lipinski definition) is 1. The average molecular weight is 186 g/mol. The molecule has 1 heterocycles. The molecule has 0 bridgehead atoms. The van der Waals surface area contributed by atoms with E-state index in [1.807, 2.05) is 0 Å². The van der Waals surface area contributed by atoms with Crippen LogP contribution in [0.15, 0.2) is 6.20 Å². The minimum Gasteiger partial charge on any atom is -0.481 e. The van der Waals surface area contributed by atoms with Crippen LogP contribution >= 0.6 is 12.6 Å². The molecule has 0 aliphatic heterocycles. The first-order valence-corrected chi connectivity index (χ1v) is 3.99. The summed E-state index contributed by atoms with van der Waals surface area (Å²) < 4.78 is 9.83. The van der Waals surface area contributed by atoms with Crippen molar-refractivity contribution in [3.05, 3.63) is 11.8 Å². The second kappa shape index (κ2) is 4.15. The molecule has 0 saturated carbocycles. The van der Waals surface area contributed by atoms with Gasteiger partial charge < -0.3 is 9.47 Å². The molecule has 12 heavy (non-hydrogen) atoms. The molecule has 0 aliphatic rings. The lowest BCUT2D eigenvalue weighted by molar-refractivity contribution is 0.349. The third kappa shape index (κ3) is 1.79. The standard InChI is InChI=1S/C7H10N2O2S/c1-10-6-5(4-12)3-8-7(9-6)11-2/h3,12H,4H2,1-2H3. The van der Waals surface area contributed by atoms with Crippen LogP contribution in [0.25, 0.3) is 0 Å². The van der Waals surface area contributed by atoms with E-state index in [1.54, 1.807) is 13.3 Å².